The molecule has 0 bridgehead atoms. The number of carbonyl (C=O) groups excluding carboxylic acids is 2. The Morgan fingerprint density at radius 2 is 1.77 bits per heavy atom. The lowest BCUT2D eigenvalue weighted by molar-refractivity contribution is -0.121. The lowest BCUT2D eigenvalue weighted by Gasteiger charge is -2.28. The smallest absolute Gasteiger partial charge is 0.339 e. The largest absolute Gasteiger partial charge is 0.465 e. The van der Waals surface area contributed by atoms with Crippen molar-refractivity contribution in [3.05, 3.63) is 58.1 Å². The predicted octanol–water partition coefficient (Wildman–Crippen LogP) is 5.24. The number of carbonyl (C=O) groups is 2. The number of benzene rings is 2. The molecule has 0 aliphatic heterocycles. The van der Waals surface area contributed by atoms with Crippen molar-refractivity contribution >= 4 is 39.2 Å². The maximum Gasteiger partial charge on any atom is 0.339 e. The maximum atomic E-state index is 12.9. The highest BCUT2D eigenvalue weighted by atomic mass is 79.9. The second-order valence-electron chi connectivity index (χ2n) is 7.83. The molecule has 1 fully saturated rings. The van der Waals surface area contributed by atoms with Crippen LogP contribution in [0.25, 0.3) is 0 Å². The Labute approximate surface area is 191 Å². The normalized spacial score (nSPS) is 18.3. The van der Waals surface area contributed by atoms with E-state index in [1.54, 1.807) is 19.2 Å². The van der Waals surface area contributed by atoms with Gasteiger partial charge < -0.3 is 20.1 Å². The fourth-order valence-corrected chi connectivity index (χ4v) is 4.40. The summed E-state index contributed by atoms with van der Waals surface area (Å²) < 4.78 is 11.3. The molecule has 1 aliphatic rings. The fourth-order valence-electron chi connectivity index (χ4n) is 3.89. The Bertz CT molecular complexity index is 896. The van der Waals surface area contributed by atoms with Crippen LogP contribution in [0.4, 0.5) is 11.4 Å². The van der Waals surface area contributed by atoms with E-state index in [1.807, 2.05) is 18.2 Å². The topological polar surface area (TPSA) is 76.7 Å². The van der Waals surface area contributed by atoms with Gasteiger partial charge in [0.25, 0.3) is 0 Å². The van der Waals surface area contributed by atoms with Crippen molar-refractivity contribution in [3.8, 4) is 0 Å². The third-order valence-electron chi connectivity index (χ3n) is 5.72. The van der Waals surface area contributed by atoms with Crippen molar-refractivity contribution in [2.75, 3.05) is 31.4 Å². The Kier molecular flexibility index (Phi) is 8.49. The van der Waals surface area contributed by atoms with E-state index in [1.165, 1.54) is 12.7 Å². The summed E-state index contributed by atoms with van der Waals surface area (Å²) in [7, 11) is 3.11. The zero-order valence-corrected chi connectivity index (χ0v) is 19.5. The molecule has 0 saturated heterocycles. The number of hydrogen-bond donors (Lipinski definition) is 2. The van der Waals surface area contributed by atoms with Gasteiger partial charge in [-0.05, 0) is 65.2 Å². The minimum Gasteiger partial charge on any atom is -0.465 e. The minimum atomic E-state index is -0.457. The molecule has 0 heterocycles. The number of methoxy groups -OCH3 is 1. The van der Waals surface area contributed by atoms with Crippen LogP contribution in [-0.4, -0.2) is 32.6 Å². The molecule has 0 aromatic heterocycles. The number of rotatable bonds is 8. The molecule has 6 nitrogen and oxygen atoms in total. The molecule has 1 saturated carbocycles. The Balaban J connectivity index is 1.52. The second-order valence-corrected chi connectivity index (χ2v) is 8.68. The highest BCUT2D eigenvalue weighted by Crippen LogP contribution is 2.33. The van der Waals surface area contributed by atoms with E-state index in [2.05, 4.69) is 38.7 Å². The first-order valence-electron chi connectivity index (χ1n) is 10.5. The van der Waals surface area contributed by atoms with E-state index in [-0.39, 0.29) is 11.8 Å². The number of halogens is 1. The van der Waals surface area contributed by atoms with Crippen molar-refractivity contribution < 1.29 is 19.1 Å². The number of anilines is 2. The third-order valence-corrected chi connectivity index (χ3v) is 6.38. The Hall–Kier alpha value is -2.38. The molecule has 0 spiro atoms. The van der Waals surface area contributed by atoms with Crippen molar-refractivity contribution in [2.24, 2.45) is 11.8 Å². The average molecular weight is 489 g/mol. The molecule has 2 N–H and O–H groups in total. The van der Waals surface area contributed by atoms with Gasteiger partial charge in [0.1, 0.15) is 0 Å². The molecular formula is C24H29BrN2O4. The highest BCUT2D eigenvalue weighted by Gasteiger charge is 2.27. The van der Waals surface area contributed by atoms with Gasteiger partial charge in [-0.15, -0.1) is 0 Å². The SMILES string of the molecule is CNc1cc(Br)c(C(=O)OC)cc1NC(=O)C1CCC(COCc2ccccc2)CC1. The molecule has 0 radical (unpaired) electrons. The first-order valence-corrected chi connectivity index (χ1v) is 11.3. The quantitative estimate of drug-likeness (QED) is 0.496. The summed E-state index contributed by atoms with van der Waals surface area (Å²) in [6, 6.07) is 13.6. The molecule has 7 heteroatoms. The summed E-state index contributed by atoms with van der Waals surface area (Å²) in [5.41, 5.74) is 2.85. The van der Waals surface area contributed by atoms with E-state index in [0.717, 1.165) is 38.0 Å². The van der Waals surface area contributed by atoms with Gasteiger partial charge in [-0.3, -0.25) is 4.79 Å². The second kappa shape index (κ2) is 11.3. The fraction of sp³-hybridized carbons (Fsp3) is 0.417. The summed E-state index contributed by atoms with van der Waals surface area (Å²) in [5, 5.41) is 6.06. The minimum absolute atomic E-state index is 0.0155. The van der Waals surface area contributed by atoms with Gasteiger partial charge >= 0.3 is 5.97 Å². The first-order chi connectivity index (χ1) is 15.0. The Morgan fingerprint density at radius 3 is 2.42 bits per heavy atom. The number of esters is 1. The van der Waals surface area contributed by atoms with E-state index < -0.39 is 5.97 Å². The number of hydrogen-bond acceptors (Lipinski definition) is 5. The molecule has 0 atom stereocenters. The van der Waals surface area contributed by atoms with Gasteiger partial charge in [-0.2, -0.15) is 0 Å². The lowest BCUT2D eigenvalue weighted by Crippen LogP contribution is -2.28. The van der Waals surface area contributed by atoms with Gasteiger partial charge in [0.15, 0.2) is 0 Å². The van der Waals surface area contributed by atoms with Crippen LogP contribution in [-0.2, 0) is 20.9 Å². The van der Waals surface area contributed by atoms with Crippen molar-refractivity contribution in [1.82, 2.24) is 0 Å². The van der Waals surface area contributed by atoms with Gasteiger partial charge in [-0.1, -0.05) is 30.3 Å². The summed E-state index contributed by atoms with van der Waals surface area (Å²) >= 11 is 3.38. The molecule has 166 valence electrons. The molecule has 31 heavy (non-hydrogen) atoms. The maximum absolute atomic E-state index is 12.9. The van der Waals surface area contributed by atoms with Crippen molar-refractivity contribution in [1.29, 1.82) is 0 Å². The van der Waals surface area contributed by atoms with E-state index >= 15 is 0 Å². The van der Waals surface area contributed by atoms with Crippen LogP contribution in [0.1, 0.15) is 41.6 Å². The molecule has 2 aromatic rings. The highest BCUT2D eigenvalue weighted by molar-refractivity contribution is 9.10. The number of ether oxygens (including phenoxy) is 2. The number of nitrogens with one attached hydrogen (secondary N) is 2. The average Bonchev–Trinajstić information content (AvgIpc) is 2.80. The molecule has 2 aromatic carbocycles. The summed E-state index contributed by atoms with van der Waals surface area (Å²) in [6.07, 6.45) is 3.61. The Morgan fingerprint density at radius 1 is 1.06 bits per heavy atom. The zero-order valence-electron chi connectivity index (χ0n) is 17.9. The van der Waals surface area contributed by atoms with Crippen LogP contribution in [0, 0.1) is 11.8 Å². The molecule has 1 amide bonds. The first kappa shape index (κ1) is 23.3. The zero-order chi connectivity index (χ0) is 22.2. The van der Waals surface area contributed by atoms with Crippen molar-refractivity contribution in [3.63, 3.8) is 0 Å². The van der Waals surface area contributed by atoms with Gasteiger partial charge in [-0.25, -0.2) is 4.79 Å². The van der Waals surface area contributed by atoms with Crippen LogP contribution < -0.4 is 10.6 Å². The standard InChI is InChI=1S/C24H29BrN2O4/c1-26-21-13-20(25)19(24(29)30-2)12-22(21)27-23(28)18-10-8-17(9-11-18)15-31-14-16-6-4-3-5-7-16/h3-7,12-13,17-18,26H,8-11,14-15H2,1-2H3,(H,27,28). The van der Waals surface area contributed by atoms with Gasteiger partial charge in [0.2, 0.25) is 5.91 Å². The van der Waals surface area contributed by atoms with E-state index in [4.69, 9.17) is 9.47 Å². The number of amides is 1. The van der Waals surface area contributed by atoms with Crippen LogP contribution in [0.2, 0.25) is 0 Å². The summed E-state index contributed by atoms with van der Waals surface area (Å²) in [4.78, 5) is 24.9. The van der Waals surface area contributed by atoms with Crippen LogP contribution >= 0.6 is 15.9 Å². The summed E-state index contributed by atoms with van der Waals surface area (Å²) in [5.74, 6) is -0.0288. The molecular weight excluding hydrogens is 460 g/mol. The summed E-state index contributed by atoms with van der Waals surface area (Å²) in [6.45, 7) is 1.35. The lowest BCUT2D eigenvalue weighted by atomic mass is 9.82. The molecule has 3 rings (SSSR count). The van der Waals surface area contributed by atoms with Gasteiger partial charge in [0, 0.05) is 24.0 Å². The molecule has 1 aliphatic carbocycles. The van der Waals surface area contributed by atoms with Crippen LogP contribution in [0.3, 0.4) is 0 Å². The van der Waals surface area contributed by atoms with Crippen LogP contribution in [0.5, 0.6) is 0 Å². The van der Waals surface area contributed by atoms with E-state index in [9.17, 15) is 9.59 Å². The molecule has 0 unspecified atom stereocenters. The van der Waals surface area contributed by atoms with E-state index in [0.29, 0.717) is 28.2 Å². The third kappa shape index (κ3) is 6.31. The van der Waals surface area contributed by atoms with Crippen molar-refractivity contribution in [2.45, 2.75) is 32.3 Å². The monoisotopic (exact) mass is 488 g/mol. The predicted molar refractivity (Wildman–Crippen MR) is 125 cm³/mol. The van der Waals surface area contributed by atoms with Gasteiger partial charge in [0.05, 0.1) is 30.7 Å². The van der Waals surface area contributed by atoms with Crippen LogP contribution in [0.15, 0.2) is 46.9 Å².